The minimum absolute atomic E-state index is 0.154. The number of nitrogens with one attached hydrogen (secondary N) is 1. The molecular formula is C12H10BrNO2S2. The van der Waals surface area contributed by atoms with Gasteiger partial charge in [-0.3, -0.25) is 4.79 Å². The summed E-state index contributed by atoms with van der Waals surface area (Å²) in [4.78, 5) is 12.2. The molecule has 0 radical (unpaired) electrons. The number of rotatable bonds is 3. The van der Waals surface area contributed by atoms with Crippen LogP contribution in [0.2, 0.25) is 0 Å². The van der Waals surface area contributed by atoms with E-state index in [-0.39, 0.29) is 5.91 Å². The normalized spacial score (nSPS) is 17.1. The van der Waals surface area contributed by atoms with E-state index in [2.05, 4.69) is 21.2 Å². The van der Waals surface area contributed by atoms with E-state index in [1.165, 1.54) is 11.8 Å². The van der Waals surface area contributed by atoms with Crippen LogP contribution in [-0.2, 0) is 4.79 Å². The molecule has 0 aromatic heterocycles. The number of thiocarbonyl (C=S) groups is 1. The highest BCUT2D eigenvalue weighted by molar-refractivity contribution is 9.10. The van der Waals surface area contributed by atoms with Gasteiger partial charge in [-0.25, -0.2) is 0 Å². The molecule has 0 aliphatic carbocycles. The van der Waals surface area contributed by atoms with Crippen molar-refractivity contribution in [3.05, 3.63) is 33.1 Å². The van der Waals surface area contributed by atoms with Crippen molar-refractivity contribution in [2.45, 2.75) is 6.92 Å². The third-order valence-electron chi connectivity index (χ3n) is 2.21. The molecule has 1 aromatic carbocycles. The van der Waals surface area contributed by atoms with Gasteiger partial charge in [-0.15, -0.1) is 0 Å². The number of amides is 1. The number of carbonyl (C=O) groups is 1. The van der Waals surface area contributed by atoms with Crippen molar-refractivity contribution in [3.63, 3.8) is 0 Å². The van der Waals surface area contributed by atoms with Crippen LogP contribution < -0.4 is 10.1 Å². The van der Waals surface area contributed by atoms with Crippen LogP contribution >= 0.6 is 39.9 Å². The summed E-state index contributed by atoms with van der Waals surface area (Å²) in [5.41, 5.74) is 0.892. The van der Waals surface area contributed by atoms with Crippen LogP contribution in [0.3, 0.4) is 0 Å². The summed E-state index contributed by atoms with van der Waals surface area (Å²) in [6, 6.07) is 5.66. The van der Waals surface area contributed by atoms with Gasteiger partial charge >= 0.3 is 0 Å². The Balaban J connectivity index is 2.33. The Labute approximate surface area is 123 Å². The van der Waals surface area contributed by atoms with Gasteiger partial charge in [-0.2, -0.15) is 0 Å². The van der Waals surface area contributed by atoms with Crippen molar-refractivity contribution in [2.75, 3.05) is 6.61 Å². The quantitative estimate of drug-likeness (QED) is 0.674. The smallest absolute Gasteiger partial charge is 0.263 e. The van der Waals surface area contributed by atoms with Crippen molar-refractivity contribution in [3.8, 4) is 5.75 Å². The van der Waals surface area contributed by atoms with Crippen molar-refractivity contribution >= 4 is 56.2 Å². The summed E-state index contributed by atoms with van der Waals surface area (Å²) in [5, 5.41) is 2.59. The van der Waals surface area contributed by atoms with Gasteiger partial charge < -0.3 is 10.1 Å². The second-order valence-corrected chi connectivity index (χ2v) is 6.04. The lowest BCUT2D eigenvalue weighted by Crippen LogP contribution is -2.17. The average Bonchev–Trinajstić information content (AvgIpc) is 2.62. The number of thioether (sulfide) groups is 1. The Bertz CT molecular complexity index is 543. The van der Waals surface area contributed by atoms with Gasteiger partial charge in [-0.1, -0.05) is 39.9 Å². The molecular weight excluding hydrogens is 334 g/mol. The van der Waals surface area contributed by atoms with E-state index in [4.69, 9.17) is 17.0 Å². The third kappa shape index (κ3) is 3.13. The number of ether oxygens (including phenoxy) is 1. The summed E-state index contributed by atoms with van der Waals surface area (Å²) >= 11 is 9.66. The van der Waals surface area contributed by atoms with Crippen molar-refractivity contribution in [1.29, 1.82) is 0 Å². The van der Waals surface area contributed by atoms with Gasteiger partial charge in [0.15, 0.2) is 0 Å². The Kier molecular flexibility index (Phi) is 4.42. The van der Waals surface area contributed by atoms with Crippen LogP contribution in [0, 0.1) is 0 Å². The van der Waals surface area contributed by atoms with Gasteiger partial charge in [0.25, 0.3) is 5.91 Å². The maximum absolute atomic E-state index is 11.6. The fourth-order valence-electron chi connectivity index (χ4n) is 1.45. The minimum atomic E-state index is -0.154. The Morgan fingerprint density at radius 1 is 1.56 bits per heavy atom. The van der Waals surface area contributed by atoms with Crippen molar-refractivity contribution in [2.24, 2.45) is 0 Å². The maximum atomic E-state index is 11.6. The number of halogens is 1. The SMILES string of the molecule is CCOc1ccc(Br)c(C=C2SC(=S)NC2=O)c1. The van der Waals surface area contributed by atoms with E-state index in [1.54, 1.807) is 6.08 Å². The fourth-order valence-corrected chi connectivity index (χ4v) is 2.85. The predicted octanol–water partition coefficient (Wildman–Crippen LogP) is 3.34. The van der Waals surface area contributed by atoms with E-state index in [0.29, 0.717) is 15.8 Å². The average molecular weight is 344 g/mol. The lowest BCUT2D eigenvalue weighted by atomic mass is 10.2. The summed E-state index contributed by atoms with van der Waals surface area (Å²) in [7, 11) is 0. The molecule has 1 aromatic rings. The molecule has 0 saturated carbocycles. The molecule has 0 spiro atoms. The van der Waals surface area contributed by atoms with Gasteiger partial charge in [0.05, 0.1) is 11.5 Å². The lowest BCUT2D eigenvalue weighted by molar-refractivity contribution is -0.115. The molecule has 18 heavy (non-hydrogen) atoms. The molecule has 1 amide bonds. The monoisotopic (exact) mass is 343 g/mol. The summed E-state index contributed by atoms with van der Waals surface area (Å²) in [5.74, 6) is 0.622. The zero-order valence-corrected chi connectivity index (χ0v) is 12.7. The zero-order valence-electron chi connectivity index (χ0n) is 9.53. The third-order valence-corrected chi connectivity index (χ3v) is 4.09. The van der Waals surface area contributed by atoms with E-state index in [1.807, 2.05) is 25.1 Å². The van der Waals surface area contributed by atoms with Crippen LogP contribution in [0.5, 0.6) is 5.75 Å². The highest BCUT2D eigenvalue weighted by Crippen LogP contribution is 2.30. The second-order valence-electron chi connectivity index (χ2n) is 3.47. The first-order chi connectivity index (χ1) is 8.60. The van der Waals surface area contributed by atoms with E-state index < -0.39 is 0 Å². The summed E-state index contributed by atoms with van der Waals surface area (Å²) in [6.45, 7) is 2.54. The molecule has 1 fully saturated rings. The highest BCUT2D eigenvalue weighted by atomic mass is 79.9. The van der Waals surface area contributed by atoms with Crippen LogP contribution in [-0.4, -0.2) is 16.8 Å². The molecule has 1 heterocycles. The number of benzene rings is 1. The molecule has 2 rings (SSSR count). The van der Waals surface area contributed by atoms with Crippen LogP contribution in [0.25, 0.3) is 6.08 Å². The molecule has 6 heteroatoms. The van der Waals surface area contributed by atoms with Crippen LogP contribution in [0.1, 0.15) is 12.5 Å². The molecule has 0 bridgehead atoms. The number of hydrogen-bond donors (Lipinski definition) is 1. The molecule has 3 nitrogen and oxygen atoms in total. The highest BCUT2D eigenvalue weighted by Gasteiger charge is 2.22. The molecule has 1 aliphatic heterocycles. The number of carbonyl (C=O) groups excluding carboxylic acids is 1. The fraction of sp³-hybridized carbons (Fsp3) is 0.167. The summed E-state index contributed by atoms with van der Waals surface area (Å²) < 4.78 is 6.83. The maximum Gasteiger partial charge on any atom is 0.263 e. The van der Waals surface area contributed by atoms with E-state index in [0.717, 1.165) is 15.8 Å². The molecule has 1 N–H and O–H groups in total. The van der Waals surface area contributed by atoms with E-state index >= 15 is 0 Å². The predicted molar refractivity (Wildman–Crippen MR) is 81.6 cm³/mol. The Hall–Kier alpha value is -0.850. The second kappa shape index (κ2) is 5.86. The molecule has 0 unspecified atom stereocenters. The molecule has 0 atom stereocenters. The first-order valence-electron chi connectivity index (χ1n) is 5.27. The molecule has 1 saturated heterocycles. The first-order valence-corrected chi connectivity index (χ1v) is 7.29. The van der Waals surface area contributed by atoms with E-state index in [9.17, 15) is 4.79 Å². The van der Waals surface area contributed by atoms with Crippen molar-refractivity contribution < 1.29 is 9.53 Å². The Morgan fingerprint density at radius 3 is 2.94 bits per heavy atom. The topological polar surface area (TPSA) is 38.3 Å². The van der Waals surface area contributed by atoms with Gasteiger partial charge in [0, 0.05) is 4.47 Å². The largest absolute Gasteiger partial charge is 0.494 e. The van der Waals surface area contributed by atoms with Gasteiger partial charge in [-0.05, 0) is 36.8 Å². The first kappa shape index (κ1) is 13.6. The standard InChI is InChI=1S/C12H10BrNO2S2/c1-2-16-8-3-4-9(13)7(5-8)6-10-11(15)14-12(17)18-10/h3-6H,2H2,1H3,(H,14,15,17). The molecule has 94 valence electrons. The lowest BCUT2D eigenvalue weighted by Gasteiger charge is -2.05. The zero-order chi connectivity index (χ0) is 13.1. The van der Waals surface area contributed by atoms with Crippen LogP contribution in [0.15, 0.2) is 27.6 Å². The molecule has 1 aliphatic rings. The van der Waals surface area contributed by atoms with Crippen molar-refractivity contribution in [1.82, 2.24) is 5.32 Å². The summed E-state index contributed by atoms with van der Waals surface area (Å²) in [6.07, 6.45) is 1.80. The number of hydrogen-bond acceptors (Lipinski definition) is 4. The van der Waals surface area contributed by atoms with Gasteiger partial charge in [0.2, 0.25) is 0 Å². The Morgan fingerprint density at radius 2 is 2.33 bits per heavy atom. The van der Waals surface area contributed by atoms with Gasteiger partial charge in [0.1, 0.15) is 10.1 Å². The van der Waals surface area contributed by atoms with Crippen LogP contribution in [0.4, 0.5) is 0 Å². The minimum Gasteiger partial charge on any atom is -0.494 e.